The summed E-state index contributed by atoms with van der Waals surface area (Å²) < 4.78 is 0. The molecule has 0 spiro atoms. The number of hydrogen-bond acceptors (Lipinski definition) is 3. The van der Waals surface area contributed by atoms with Gasteiger partial charge in [-0.1, -0.05) is 29.8 Å². The Morgan fingerprint density at radius 3 is 2.48 bits per heavy atom. The smallest absolute Gasteiger partial charge is 0.242 e. The van der Waals surface area contributed by atoms with E-state index in [0.29, 0.717) is 13.1 Å². The Morgan fingerprint density at radius 1 is 1.19 bits per heavy atom. The van der Waals surface area contributed by atoms with Crippen molar-refractivity contribution in [1.82, 2.24) is 15.1 Å². The quantitative estimate of drug-likeness (QED) is 0.878. The average molecular weight is 289 g/mol. The second-order valence-corrected chi connectivity index (χ2v) is 5.44. The highest BCUT2D eigenvalue weighted by molar-refractivity contribution is 5.92. The van der Waals surface area contributed by atoms with Gasteiger partial charge in [0.05, 0.1) is 13.1 Å². The number of nitrogens with zero attached hydrogens (tertiary/aromatic N) is 2. The van der Waals surface area contributed by atoms with Gasteiger partial charge in [-0.3, -0.25) is 9.59 Å². The monoisotopic (exact) mass is 289 g/mol. The molecule has 1 heterocycles. The topological polar surface area (TPSA) is 52.7 Å². The Hall–Kier alpha value is -1.88. The fourth-order valence-electron chi connectivity index (χ4n) is 2.63. The zero-order valence-electron chi connectivity index (χ0n) is 12.9. The minimum atomic E-state index is 0.0179. The maximum absolute atomic E-state index is 12.2. The highest BCUT2D eigenvalue weighted by Crippen LogP contribution is 2.17. The van der Waals surface area contributed by atoms with Crippen LogP contribution in [-0.4, -0.2) is 54.8 Å². The maximum atomic E-state index is 12.2. The molecular weight excluding hydrogens is 266 g/mol. The van der Waals surface area contributed by atoms with E-state index in [9.17, 15) is 9.59 Å². The summed E-state index contributed by atoms with van der Waals surface area (Å²) in [4.78, 5) is 27.4. The molecule has 21 heavy (non-hydrogen) atoms. The van der Waals surface area contributed by atoms with Crippen LogP contribution in [-0.2, 0) is 9.59 Å². The molecule has 0 bridgehead atoms. The summed E-state index contributed by atoms with van der Waals surface area (Å²) in [7, 11) is 1.88. The van der Waals surface area contributed by atoms with Crippen molar-refractivity contribution in [1.29, 1.82) is 0 Å². The summed E-state index contributed by atoms with van der Waals surface area (Å²) >= 11 is 0. The van der Waals surface area contributed by atoms with Gasteiger partial charge in [0, 0.05) is 19.1 Å². The van der Waals surface area contributed by atoms with Gasteiger partial charge in [-0.25, -0.2) is 0 Å². The Morgan fingerprint density at radius 2 is 1.86 bits per heavy atom. The minimum absolute atomic E-state index is 0.0179. The second-order valence-electron chi connectivity index (χ2n) is 5.44. The molecule has 5 heteroatoms. The molecule has 5 nitrogen and oxygen atoms in total. The SMILES string of the molecule is CCN1CC(=O)N(CC(NC)c2cccc(C)c2)CC1=O. The molecule has 1 saturated heterocycles. The molecule has 0 aliphatic carbocycles. The zero-order chi connectivity index (χ0) is 15.4. The van der Waals surface area contributed by atoms with E-state index in [1.54, 1.807) is 9.80 Å². The van der Waals surface area contributed by atoms with Crippen LogP contribution in [0, 0.1) is 6.92 Å². The van der Waals surface area contributed by atoms with Crippen molar-refractivity contribution >= 4 is 11.8 Å². The fraction of sp³-hybridized carbons (Fsp3) is 0.500. The summed E-state index contributed by atoms with van der Waals surface area (Å²) in [5, 5.41) is 3.23. The first kappa shape index (κ1) is 15.5. The second kappa shape index (κ2) is 6.72. The molecular formula is C16H23N3O2. The van der Waals surface area contributed by atoms with E-state index in [1.807, 2.05) is 39.1 Å². The first-order valence-corrected chi connectivity index (χ1v) is 7.34. The van der Waals surface area contributed by atoms with E-state index in [4.69, 9.17) is 0 Å². The molecule has 0 radical (unpaired) electrons. The summed E-state index contributed by atoms with van der Waals surface area (Å²) in [5.74, 6) is 0.0422. The number of rotatable bonds is 5. The van der Waals surface area contributed by atoms with E-state index in [2.05, 4.69) is 11.4 Å². The van der Waals surface area contributed by atoms with Gasteiger partial charge in [0.2, 0.25) is 11.8 Å². The van der Waals surface area contributed by atoms with E-state index in [1.165, 1.54) is 5.56 Å². The van der Waals surface area contributed by atoms with Crippen molar-refractivity contribution in [2.45, 2.75) is 19.9 Å². The van der Waals surface area contributed by atoms with Gasteiger partial charge in [0.1, 0.15) is 0 Å². The molecule has 1 unspecified atom stereocenters. The number of piperazine rings is 1. The number of carbonyl (C=O) groups excluding carboxylic acids is 2. The maximum Gasteiger partial charge on any atom is 0.242 e. The Balaban J connectivity index is 2.08. The van der Waals surface area contributed by atoms with Crippen LogP contribution >= 0.6 is 0 Å². The van der Waals surface area contributed by atoms with E-state index in [-0.39, 0.29) is 30.9 Å². The molecule has 0 aromatic heterocycles. The number of carbonyl (C=O) groups is 2. The number of likely N-dealkylation sites (N-methyl/N-ethyl adjacent to an activating group) is 2. The molecule has 1 aliphatic heterocycles. The largest absolute Gasteiger partial charge is 0.332 e. The average Bonchev–Trinajstić information content (AvgIpc) is 2.47. The molecule has 1 N–H and O–H groups in total. The van der Waals surface area contributed by atoms with Crippen molar-refractivity contribution in [2.24, 2.45) is 0 Å². The van der Waals surface area contributed by atoms with E-state index in [0.717, 1.165) is 5.56 Å². The number of amides is 2. The van der Waals surface area contributed by atoms with E-state index < -0.39 is 0 Å². The van der Waals surface area contributed by atoms with Crippen molar-refractivity contribution in [3.05, 3.63) is 35.4 Å². The lowest BCUT2D eigenvalue weighted by Crippen LogP contribution is -2.55. The zero-order valence-corrected chi connectivity index (χ0v) is 12.9. The van der Waals surface area contributed by atoms with Gasteiger partial charge < -0.3 is 15.1 Å². The van der Waals surface area contributed by atoms with Crippen LogP contribution < -0.4 is 5.32 Å². The number of aryl methyl sites for hydroxylation is 1. The lowest BCUT2D eigenvalue weighted by molar-refractivity contribution is -0.150. The standard InChI is InChI=1S/C16H23N3O2/c1-4-18-10-16(21)19(11-15(18)20)9-14(17-3)13-7-5-6-12(2)8-13/h5-8,14,17H,4,9-11H2,1-3H3. The molecule has 0 saturated carbocycles. The predicted octanol–water partition coefficient (Wildman–Crippen LogP) is 0.946. The highest BCUT2D eigenvalue weighted by Gasteiger charge is 2.30. The van der Waals surface area contributed by atoms with Crippen LogP contribution in [0.3, 0.4) is 0 Å². The van der Waals surface area contributed by atoms with Gasteiger partial charge in [-0.05, 0) is 26.5 Å². The summed E-state index contributed by atoms with van der Waals surface area (Å²) in [5.41, 5.74) is 2.32. The van der Waals surface area contributed by atoms with Crippen LogP contribution in [0.25, 0.3) is 0 Å². The summed E-state index contributed by atoms with van der Waals surface area (Å²) in [6.45, 7) is 5.42. The summed E-state index contributed by atoms with van der Waals surface area (Å²) in [6, 6.07) is 8.25. The molecule has 1 aromatic rings. The van der Waals surface area contributed by atoms with Crippen molar-refractivity contribution in [3.8, 4) is 0 Å². The fourth-order valence-corrected chi connectivity index (χ4v) is 2.63. The Labute approximate surface area is 125 Å². The number of benzene rings is 1. The summed E-state index contributed by atoms with van der Waals surface area (Å²) in [6.07, 6.45) is 0. The molecule has 1 fully saturated rings. The third kappa shape index (κ3) is 3.61. The van der Waals surface area contributed by atoms with Gasteiger partial charge >= 0.3 is 0 Å². The lowest BCUT2D eigenvalue weighted by atomic mass is 10.0. The van der Waals surface area contributed by atoms with Gasteiger partial charge in [0.15, 0.2) is 0 Å². The van der Waals surface area contributed by atoms with Crippen molar-refractivity contribution in [3.63, 3.8) is 0 Å². The third-order valence-corrected chi connectivity index (χ3v) is 3.94. The van der Waals surface area contributed by atoms with Crippen molar-refractivity contribution in [2.75, 3.05) is 33.2 Å². The third-order valence-electron chi connectivity index (χ3n) is 3.94. The van der Waals surface area contributed by atoms with Crippen LogP contribution in [0.15, 0.2) is 24.3 Å². The molecule has 1 aliphatic rings. The van der Waals surface area contributed by atoms with Gasteiger partial charge in [-0.15, -0.1) is 0 Å². The van der Waals surface area contributed by atoms with Crippen molar-refractivity contribution < 1.29 is 9.59 Å². The first-order chi connectivity index (χ1) is 10.0. The van der Waals surface area contributed by atoms with Gasteiger partial charge in [-0.2, -0.15) is 0 Å². The highest BCUT2D eigenvalue weighted by atomic mass is 16.2. The number of nitrogens with one attached hydrogen (secondary N) is 1. The van der Waals surface area contributed by atoms with E-state index >= 15 is 0 Å². The predicted molar refractivity (Wildman–Crippen MR) is 81.8 cm³/mol. The molecule has 114 valence electrons. The van der Waals surface area contributed by atoms with Crippen LogP contribution in [0.5, 0.6) is 0 Å². The molecule has 2 amide bonds. The normalized spacial score (nSPS) is 17.3. The number of hydrogen-bond donors (Lipinski definition) is 1. The van der Waals surface area contributed by atoms with Gasteiger partial charge in [0.25, 0.3) is 0 Å². The molecule has 2 rings (SSSR count). The molecule has 1 atom stereocenters. The lowest BCUT2D eigenvalue weighted by Gasteiger charge is -2.35. The van der Waals surface area contributed by atoms with Crippen LogP contribution in [0.2, 0.25) is 0 Å². The Kier molecular flexibility index (Phi) is 4.96. The van der Waals surface area contributed by atoms with Crippen LogP contribution in [0.4, 0.5) is 0 Å². The first-order valence-electron chi connectivity index (χ1n) is 7.34. The Bertz CT molecular complexity index is 530. The van der Waals surface area contributed by atoms with Crippen LogP contribution in [0.1, 0.15) is 24.1 Å². The molecule has 1 aromatic carbocycles. The minimum Gasteiger partial charge on any atom is -0.332 e.